The molecule has 150 valence electrons. The Balaban J connectivity index is 1.40. The molecule has 5 rings (SSSR count). The molecule has 1 N–H and O–H groups in total. The van der Waals surface area contributed by atoms with Gasteiger partial charge in [-0.05, 0) is 74.6 Å². The van der Waals surface area contributed by atoms with Crippen molar-refractivity contribution in [3.8, 4) is 5.69 Å². The molecule has 2 aliphatic rings. The molecule has 2 heterocycles. The summed E-state index contributed by atoms with van der Waals surface area (Å²) in [5.74, 6) is 1.14. The fourth-order valence-corrected chi connectivity index (χ4v) is 4.24. The van der Waals surface area contributed by atoms with E-state index in [0.29, 0.717) is 22.9 Å². The molecule has 0 saturated heterocycles. The lowest BCUT2D eigenvalue weighted by Crippen LogP contribution is -2.41. The molecule has 7 heteroatoms. The van der Waals surface area contributed by atoms with Crippen molar-refractivity contribution < 1.29 is 4.79 Å². The van der Waals surface area contributed by atoms with E-state index in [2.05, 4.69) is 21.5 Å². The molecule has 3 aromatic rings. The number of amides is 1. The van der Waals surface area contributed by atoms with Gasteiger partial charge in [-0.25, -0.2) is 9.67 Å². The maximum atomic E-state index is 12.9. The van der Waals surface area contributed by atoms with Crippen molar-refractivity contribution in [2.75, 3.05) is 0 Å². The minimum Gasteiger partial charge on any atom is -0.351 e. The van der Waals surface area contributed by atoms with Crippen LogP contribution in [0, 0.1) is 25.7 Å². The predicted molar refractivity (Wildman–Crippen MR) is 110 cm³/mol. The summed E-state index contributed by atoms with van der Waals surface area (Å²) < 4.78 is 3.05. The Kier molecular flexibility index (Phi) is 4.26. The summed E-state index contributed by atoms with van der Waals surface area (Å²) in [5.41, 5.74) is 3.38. The number of fused-ring (bicyclic) bond motifs is 1. The molecule has 2 fully saturated rings. The minimum absolute atomic E-state index is 0.00749. The van der Waals surface area contributed by atoms with Crippen LogP contribution in [-0.2, 0) is 11.3 Å². The lowest BCUT2D eigenvalue weighted by Gasteiger charge is -2.18. The summed E-state index contributed by atoms with van der Waals surface area (Å²) in [5, 5.41) is 7.96. The van der Waals surface area contributed by atoms with Crippen molar-refractivity contribution >= 4 is 16.9 Å². The number of nitrogens with one attached hydrogen (secondary N) is 1. The number of carbonyl (C=O) groups excluding carboxylic acids is 1. The third kappa shape index (κ3) is 3.57. The molecular weight excluding hydrogens is 366 g/mol. The van der Waals surface area contributed by atoms with E-state index in [1.54, 1.807) is 4.68 Å². The fraction of sp³-hybridized carbons (Fsp3) is 0.455. The number of rotatable bonds is 6. The summed E-state index contributed by atoms with van der Waals surface area (Å²) in [6.07, 6.45) is 7.79. The zero-order valence-electron chi connectivity index (χ0n) is 16.8. The van der Waals surface area contributed by atoms with Crippen molar-refractivity contribution in [3.05, 3.63) is 52.2 Å². The molecule has 1 amide bonds. The number of hydrogen-bond acceptors (Lipinski definition) is 4. The molecule has 0 spiro atoms. The number of hydrogen-bond donors (Lipinski definition) is 1. The Bertz CT molecular complexity index is 1120. The molecule has 2 aromatic heterocycles. The van der Waals surface area contributed by atoms with Crippen LogP contribution in [0.15, 0.2) is 35.5 Å². The molecule has 2 saturated carbocycles. The van der Waals surface area contributed by atoms with Crippen LogP contribution in [0.3, 0.4) is 0 Å². The topological polar surface area (TPSA) is 81.8 Å². The largest absolute Gasteiger partial charge is 0.351 e. The molecule has 7 nitrogen and oxygen atoms in total. The highest BCUT2D eigenvalue weighted by Gasteiger charge is 2.42. The number of aromatic nitrogens is 4. The van der Waals surface area contributed by atoms with Crippen LogP contribution in [0.2, 0.25) is 0 Å². The van der Waals surface area contributed by atoms with Gasteiger partial charge in [0, 0.05) is 6.04 Å². The fourth-order valence-electron chi connectivity index (χ4n) is 4.24. The smallest absolute Gasteiger partial charge is 0.264 e. The molecule has 0 aliphatic heterocycles. The highest BCUT2D eigenvalue weighted by atomic mass is 16.2. The van der Waals surface area contributed by atoms with Crippen molar-refractivity contribution in [2.24, 2.45) is 11.8 Å². The number of benzene rings is 1. The van der Waals surface area contributed by atoms with Gasteiger partial charge >= 0.3 is 0 Å². The Labute approximate surface area is 168 Å². The van der Waals surface area contributed by atoms with Gasteiger partial charge in [0.25, 0.3) is 5.56 Å². The first-order chi connectivity index (χ1) is 14.0. The summed E-state index contributed by atoms with van der Waals surface area (Å²) in [7, 11) is 0. The van der Waals surface area contributed by atoms with E-state index in [-0.39, 0.29) is 24.1 Å². The molecule has 0 unspecified atom stereocenters. The number of carbonyl (C=O) groups is 1. The van der Waals surface area contributed by atoms with Gasteiger partial charge in [-0.2, -0.15) is 5.10 Å². The second-order valence-electron chi connectivity index (χ2n) is 8.59. The number of nitrogens with zero attached hydrogens (tertiary/aromatic N) is 4. The molecule has 2 aliphatic carbocycles. The van der Waals surface area contributed by atoms with E-state index >= 15 is 0 Å². The van der Waals surface area contributed by atoms with Gasteiger partial charge in [-0.3, -0.25) is 14.2 Å². The van der Waals surface area contributed by atoms with Crippen LogP contribution in [0.5, 0.6) is 0 Å². The lowest BCUT2D eigenvalue weighted by molar-refractivity contribution is -0.122. The summed E-state index contributed by atoms with van der Waals surface area (Å²) >= 11 is 0. The summed E-state index contributed by atoms with van der Waals surface area (Å²) in [4.78, 5) is 29.9. The lowest BCUT2D eigenvalue weighted by atomic mass is 10.1. The van der Waals surface area contributed by atoms with Gasteiger partial charge in [0.15, 0.2) is 5.65 Å². The van der Waals surface area contributed by atoms with Crippen LogP contribution >= 0.6 is 0 Å². The van der Waals surface area contributed by atoms with Crippen LogP contribution in [0.25, 0.3) is 16.7 Å². The standard InChI is InChI=1S/C22H25N5O2/c1-13-7-14(2)9-17(8-13)27-21-18(10-24-27)22(29)26(12-23-21)11-19(28)25-20(15-3-4-15)16-5-6-16/h7-10,12,15-16,20H,3-6,11H2,1-2H3,(H,25,28). The van der Waals surface area contributed by atoms with Gasteiger partial charge in [-0.1, -0.05) is 6.07 Å². The molecule has 0 radical (unpaired) electrons. The maximum Gasteiger partial charge on any atom is 0.264 e. The second kappa shape index (κ2) is 6.83. The SMILES string of the molecule is Cc1cc(C)cc(-n2ncc3c(=O)n(CC(=O)NC(C4CC4)C4CC4)cnc32)c1. The Hall–Kier alpha value is -2.96. The molecule has 0 atom stereocenters. The van der Waals surface area contributed by atoms with Crippen LogP contribution < -0.4 is 10.9 Å². The van der Waals surface area contributed by atoms with E-state index in [4.69, 9.17) is 0 Å². The Morgan fingerprint density at radius 3 is 2.41 bits per heavy atom. The minimum atomic E-state index is -0.241. The monoisotopic (exact) mass is 391 g/mol. The van der Waals surface area contributed by atoms with Crippen LogP contribution in [0.1, 0.15) is 36.8 Å². The first-order valence-electron chi connectivity index (χ1n) is 10.3. The second-order valence-corrected chi connectivity index (χ2v) is 8.59. The first kappa shape index (κ1) is 18.1. The van der Waals surface area contributed by atoms with Gasteiger partial charge < -0.3 is 5.32 Å². The normalized spacial score (nSPS) is 16.5. The van der Waals surface area contributed by atoms with Crippen LogP contribution in [-0.4, -0.2) is 31.3 Å². The number of aryl methyl sites for hydroxylation is 2. The van der Waals surface area contributed by atoms with Gasteiger partial charge in [0.05, 0.1) is 11.9 Å². The van der Waals surface area contributed by atoms with Crippen LogP contribution in [0.4, 0.5) is 0 Å². The molecular formula is C22H25N5O2. The summed E-state index contributed by atoms with van der Waals surface area (Å²) in [6.45, 7) is 4.04. The molecule has 29 heavy (non-hydrogen) atoms. The average molecular weight is 391 g/mol. The van der Waals surface area contributed by atoms with E-state index in [1.165, 1.54) is 42.8 Å². The summed E-state index contributed by atoms with van der Waals surface area (Å²) in [6, 6.07) is 6.39. The highest BCUT2D eigenvalue weighted by Crippen LogP contribution is 2.44. The predicted octanol–water partition coefficient (Wildman–Crippen LogP) is 2.50. The third-order valence-corrected chi connectivity index (χ3v) is 5.91. The zero-order chi connectivity index (χ0) is 20.1. The van der Waals surface area contributed by atoms with Gasteiger partial charge in [-0.15, -0.1) is 0 Å². The van der Waals surface area contributed by atoms with Crippen molar-refractivity contribution in [2.45, 2.75) is 52.1 Å². The van der Waals surface area contributed by atoms with Crippen molar-refractivity contribution in [1.82, 2.24) is 24.6 Å². The Morgan fingerprint density at radius 1 is 1.14 bits per heavy atom. The van der Waals surface area contributed by atoms with Gasteiger partial charge in [0.2, 0.25) is 5.91 Å². The van der Waals surface area contributed by atoms with Crippen molar-refractivity contribution in [1.29, 1.82) is 0 Å². The Morgan fingerprint density at radius 2 is 1.79 bits per heavy atom. The quantitative estimate of drug-likeness (QED) is 0.700. The maximum absolute atomic E-state index is 12.9. The van der Waals surface area contributed by atoms with Crippen molar-refractivity contribution in [3.63, 3.8) is 0 Å². The third-order valence-electron chi connectivity index (χ3n) is 5.91. The first-order valence-corrected chi connectivity index (χ1v) is 10.3. The zero-order valence-corrected chi connectivity index (χ0v) is 16.8. The van der Waals surface area contributed by atoms with E-state index < -0.39 is 0 Å². The van der Waals surface area contributed by atoms with Gasteiger partial charge in [0.1, 0.15) is 18.3 Å². The molecule has 1 aromatic carbocycles. The van der Waals surface area contributed by atoms with E-state index in [9.17, 15) is 9.59 Å². The van der Waals surface area contributed by atoms with E-state index in [1.807, 2.05) is 26.0 Å². The van der Waals surface area contributed by atoms with E-state index in [0.717, 1.165) is 16.8 Å². The molecule has 0 bridgehead atoms. The average Bonchev–Trinajstić information content (AvgIpc) is 3.59. The highest BCUT2D eigenvalue weighted by molar-refractivity contribution is 5.78.